The summed E-state index contributed by atoms with van der Waals surface area (Å²) in [7, 11) is 1.78. The summed E-state index contributed by atoms with van der Waals surface area (Å²) in [6.07, 6.45) is 9.87. The Morgan fingerprint density at radius 2 is 2.25 bits per heavy atom. The molecule has 1 aliphatic rings. The molecule has 0 saturated heterocycles. The van der Waals surface area contributed by atoms with Crippen LogP contribution in [0.5, 0.6) is 0 Å². The summed E-state index contributed by atoms with van der Waals surface area (Å²) < 4.78 is 10.3. The van der Waals surface area contributed by atoms with E-state index in [0.717, 1.165) is 19.6 Å². The molecule has 0 unspecified atom stereocenters. The maximum Gasteiger partial charge on any atom is 0.0947 e. The highest BCUT2D eigenvalue weighted by atomic mass is 16.5. The van der Waals surface area contributed by atoms with E-state index >= 15 is 0 Å². The topological polar surface area (TPSA) is 34.4 Å². The molecule has 1 aromatic heterocycles. The molecule has 0 atom stereocenters. The summed E-state index contributed by atoms with van der Waals surface area (Å²) in [5.74, 6) is 0. The molecule has 3 nitrogen and oxygen atoms in total. The van der Waals surface area contributed by atoms with Crippen LogP contribution in [0.3, 0.4) is 0 Å². The van der Waals surface area contributed by atoms with Crippen molar-refractivity contribution in [3.05, 3.63) is 24.2 Å². The van der Waals surface area contributed by atoms with Crippen LogP contribution in [0.4, 0.5) is 0 Å². The first-order chi connectivity index (χ1) is 7.85. The quantitative estimate of drug-likeness (QED) is 0.805. The molecular formula is C13H21NO2. The second-order valence-corrected chi connectivity index (χ2v) is 4.72. The maximum absolute atomic E-state index is 5.21. The third-order valence-corrected chi connectivity index (χ3v) is 3.59. The van der Waals surface area contributed by atoms with Crippen molar-refractivity contribution < 1.29 is 9.15 Å². The summed E-state index contributed by atoms with van der Waals surface area (Å²) in [4.78, 5) is 0. The molecule has 3 heteroatoms. The largest absolute Gasteiger partial charge is 0.472 e. The molecule has 0 bridgehead atoms. The van der Waals surface area contributed by atoms with E-state index in [1.54, 1.807) is 13.4 Å². The molecule has 90 valence electrons. The Balaban J connectivity index is 1.87. The Bertz CT molecular complexity index is 289. The Kier molecular flexibility index (Phi) is 4.02. The van der Waals surface area contributed by atoms with Gasteiger partial charge in [-0.05, 0) is 25.3 Å². The van der Waals surface area contributed by atoms with Crippen LogP contribution in [-0.2, 0) is 11.3 Å². The van der Waals surface area contributed by atoms with Gasteiger partial charge < -0.3 is 14.5 Å². The Morgan fingerprint density at radius 3 is 2.88 bits per heavy atom. The highest BCUT2D eigenvalue weighted by molar-refractivity contribution is 5.06. The van der Waals surface area contributed by atoms with Gasteiger partial charge >= 0.3 is 0 Å². The number of hydrogen-bond acceptors (Lipinski definition) is 3. The molecule has 0 aromatic carbocycles. The molecule has 1 heterocycles. The molecule has 1 fully saturated rings. The lowest BCUT2D eigenvalue weighted by Gasteiger charge is -2.30. The summed E-state index contributed by atoms with van der Waals surface area (Å²) in [6, 6.07) is 2.02. The van der Waals surface area contributed by atoms with Crippen molar-refractivity contribution in [2.24, 2.45) is 0 Å². The second kappa shape index (κ2) is 5.51. The highest BCUT2D eigenvalue weighted by Crippen LogP contribution is 2.32. The third-order valence-electron chi connectivity index (χ3n) is 3.59. The fourth-order valence-corrected chi connectivity index (χ4v) is 2.55. The third kappa shape index (κ3) is 2.86. The molecule has 1 aliphatic carbocycles. The van der Waals surface area contributed by atoms with Gasteiger partial charge in [-0.2, -0.15) is 0 Å². The number of furan rings is 1. The lowest BCUT2D eigenvalue weighted by molar-refractivity contribution is 0.154. The van der Waals surface area contributed by atoms with Gasteiger partial charge in [-0.15, -0.1) is 0 Å². The van der Waals surface area contributed by atoms with E-state index in [4.69, 9.17) is 9.15 Å². The van der Waals surface area contributed by atoms with Crippen LogP contribution in [0.15, 0.2) is 23.0 Å². The predicted molar refractivity (Wildman–Crippen MR) is 63.2 cm³/mol. The molecule has 0 aliphatic heterocycles. The number of ether oxygens (including phenoxy) is 1. The van der Waals surface area contributed by atoms with E-state index < -0.39 is 0 Å². The molecule has 1 aromatic rings. The van der Waals surface area contributed by atoms with Crippen LogP contribution < -0.4 is 5.32 Å². The first kappa shape index (κ1) is 11.7. The van der Waals surface area contributed by atoms with Gasteiger partial charge in [0, 0.05) is 31.4 Å². The Morgan fingerprint density at radius 1 is 1.44 bits per heavy atom. The standard InChI is InChI=1S/C13H21NO2/c1-15-9-7-13(5-2-3-6-13)14-10-12-4-8-16-11-12/h4,8,11,14H,2-3,5-7,9-10H2,1H3. The molecule has 0 amide bonds. The van der Waals surface area contributed by atoms with Gasteiger partial charge in [0.2, 0.25) is 0 Å². The van der Waals surface area contributed by atoms with E-state index in [9.17, 15) is 0 Å². The normalized spacial score (nSPS) is 19.1. The van der Waals surface area contributed by atoms with E-state index in [1.165, 1.54) is 31.2 Å². The van der Waals surface area contributed by atoms with Crippen LogP contribution >= 0.6 is 0 Å². The monoisotopic (exact) mass is 223 g/mol. The molecule has 1 saturated carbocycles. The Hall–Kier alpha value is -0.800. The van der Waals surface area contributed by atoms with Crippen molar-refractivity contribution >= 4 is 0 Å². The van der Waals surface area contributed by atoms with Crippen LogP contribution in [0.25, 0.3) is 0 Å². The number of rotatable bonds is 6. The summed E-state index contributed by atoms with van der Waals surface area (Å²) in [5.41, 5.74) is 1.52. The van der Waals surface area contributed by atoms with Gasteiger partial charge in [-0.25, -0.2) is 0 Å². The van der Waals surface area contributed by atoms with Gasteiger partial charge in [0.05, 0.1) is 12.5 Å². The van der Waals surface area contributed by atoms with Gasteiger partial charge in [0.1, 0.15) is 0 Å². The number of nitrogens with one attached hydrogen (secondary N) is 1. The van der Waals surface area contributed by atoms with Gasteiger partial charge in [0.25, 0.3) is 0 Å². The number of methoxy groups -OCH3 is 1. The minimum atomic E-state index is 0.299. The van der Waals surface area contributed by atoms with Crippen molar-refractivity contribution in [1.82, 2.24) is 5.32 Å². The molecule has 0 spiro atoms. The lowest BCUT2D eigenvalue weighted by Crippen LogP contribution is -2.43. The minimum absolute atomic E-state index is 0.299. The molecule has 2 rings (SSSR count). The van der Waals surface area contributed by atoms with E-state index in [1.807, 2.05) is 12.3 Å². The van der Waals surface area contributed by atoms with E-state index in [2.05, 4.69) is 5.32 Å². The average molecular weight is 223 g/mol. The second-order valence-electron chi connectivity index (χ2n) is 4.72. The van der Waals surface area contributed by atoms with Gasteiger partial charge in [-0.3, -0.25) is 0 Å². The molecule has 16 heavy (non-hydrogen) atoms. The van der Waals surface area contributed by atoms with Crippen LogP contribution in [-0.4, -0.2) is 19.3 Å². The smallest absolute Gasteiger partial charge is 0.0947 e. The average Bonchev–Trinajstić information content (AvgIpc) is 2.96. The van der Waals surface area contributed by atoms with Crippen molar-refractivity contribution in [2.75, 3.05) is 13.7 Å². The summed E-state index contributed by atoms with van der Waals surface area (Å²) in [5, 5.41) is 3.69. The minimum Gasteiger partial charge on any atom is -0.472 e. The molecular weight excluding hydrogens is 202 g/mol. The predicted octanol–water partition coefficient (Wildman–Crippen LogP) is 2.72. The summed E-state index contributed by atoms with van der Waals surface area (Å²) in [6.45, 7) is 1.75. The molecule has 1 N–H and O–H groups in total. The zero-order chi connectivity index (χ0) is 11.3. The highest BCUT2D eigenvalue weighted by Gasteiger charge is 2.32. The Labute approximate surface area is 97.2 Å². The van der Waals surface area contributed by atoms with Crippen molar-refractivity contribution in [3.8, 4) is 0 Å². The first-order valence-corrected chi connectivity index (χ1v) is 6.10. The van der Waals surface area contributed by atoms with Crippen molar-refractivity contribution in [1.29, 1.82) is 0 Å². The SMILES string of the molecule is COCCC1(NCc2ccoc2)CCCC1. The molecule has 0 radical (unpaired) electrons. The first-order valence-electron chi connectivity index (χ1n) is 6.10. The van der Waals surface area contributed by atoms with Crippen LogP contribution in [0.2, 0.25) is 0 Å². The van der Waals surface area contributed by atoms with Crippen LogP contribution in [0, 0.1) is 0 Å². The summed E-state index contributed by atoms with van der Waals surface area (Å²) >= 11 is 0. The maximum atomic E-state index is 5.21. The van der Waals surface area contributed by atoms with Crippen molar-refractivity contribution in [2.45, 2.75) is 44.2 Å². The van der Waals surface area contributed by atoms with Crippen molar-refractivity contribution in [3.63, 3.8) is 0 Å². The van der Waals surface area contributed by atoms with Gasteiger partial charge in [-0.1, -0.05) is 12.8 Å². The van der Waals surface area contributed by atoms with Gasteiger partial charge in [0.15, 0.2) is 0 Å². The van der Waals surface area contributed by atoms with Crippen LogP contribution in [0.1, 0.15) is 37.7 Å². The van der Waals surface area contributed by atoms with E-state index in [0.29, 0.717) is 5.54 Å². The van der Waals surface area contributed by atoms with E-state index in [-0.39, 0.29) is 0 Å². The fraction of sp³-hybridized carbons (Fsp3) is 0.692. The lowest BCUT2D eigenvalue weighted by atomic mass is 9.93. The zero-order valence-electron chi connectivity index (χ0n) is 10.00. The zero-order valence-corrected chi connectivity index (χ0v) is 10.00. The number of hydrogen-bond donors (Lipinski definition) is 1. The fourth-order valence-electron chi connectivity index (χ4n) is 2.55.